The van der Waals surface area contributed by atoms with E-state index < -0.39 is 5.97 Å². The minimum atomic E-state index is -0.949. The molecule has 0 unspecified atom stereocenters. The van der Waals surface area contributed by atoms with E-state index in [2.05, 4.69) is 17.3 Å². The molecule has 0 aliphatic heterocycles. The van der Waals surface area contributed by atoms with Gasteiger partial charge in [-0.1, -0.05) is 51.9 Å². The molecule has 1 N–H and O–H groups in total. The third kappa shape index (κ3) is 9.66. The first-order valence-corrected chi connectivity index (χ1v) is 8.60. The molecule has 0 spiro atoms. The number of hydrogen-bond acceptors (Lipinski definition) is 4. The number of carboxylic acid groups (broad SMARTS) is 1. The lowest BCUT2D eigenvalue weighted by atomic mass is 10.1. The van der Waals surface area contributed by atoms with Crippen LogP contribution in [-0.2, 0) is 4.84 Å². The second kappa shape index (κ2) is 12.6. The highest BCUT2D eigenvalue weighted by atomic mass is 16.6. The fraction of sp³-hybridized carbons (Fsp3) is 0.611. The molecule has 128 valence electrons. The Morgan fingerprint density at radius 1 is 0.957 bits per heavy atom. The molecule has 0 aliphatic carbocycles. The van der Waals surface area contributed by atoms with E-state index in [1.165, 1.54) is 57.1 Å². The standard InChI is InChI=1S/C18H28N2O3/c1-2-3-4-5-6-7-8-9-10-15-23-20-19-17-13-11-16(12-14-17)18(21)22/h11-14H,2-10,15H2,1H3,(H,21,22). The molecule has 1 aromatic rings. The summed E-state index contributed by atoms with van der Waals surface area (Å²) in [5, 5.41) is 16.3. The summed E-state index contributed by atoms with van der Waals surface area (Å²) in [6.45, 7) is 2.81. The van der Waals surface area contributed by atoms with Gasteiger partial charge in [0, 0.05) is 5.28 Å². The Morgan fingerprint density at radius 2 is 1.52 bits per heavy atom. The molecule has 0 saturated heterocycles. The number of rotatable bonds is 13. The molecule has 0 aromatic heterocycles. The van der Waals surface area contributed by atoms with E-state index in [1.54, 1.807) is 12.1 Å². The fourth-order valence-corrected chi connectivity index (χ4v) is 2.26. The number of nitrogens with zero attached hydrogens (tertiary/aromatic N) is 2. The largest absolute Gasteiger partial charge is 0.478 e. The van der Waals surface area contributed by atoms with Crippen molar-refractivity contribution < 1.29 is 14.7 Å². The summed E-state index contributed by atoms with van der Waals surface area (Å²) < 4.78 is 0. The number of carbonyl (C=O) groups is 1. The van der Waals surface area contributed by atoms with Gasteiger partial charge in [-0.2, -0.15) is 0 Å². The number of aromatic carboxylic acids is 1. The second-order valence-electron chi connectivity index (χ2n) is 5.70. The topological polar surface area (TPSA) is 71.2 Å². The van der Waals surface area contributed by atoms with Gasteiger partial charge in [-0.05, 0) is 37.1 Å². The Morgan fingerprint density at radius 3 is 2.09 bits per heavy atom. The third-order valence-electron chi connectivity index (χ3n) is 3.67. The van der Waals surface area contributed by atoms with Gasteiger partial charge in [-0.15, -0.1) is 5.11 Å². The van der Waals surface area contributed by atoms with Crippen LogP contribution in [0, 0.1) is 0 Å². The summed E-state index contributed by atoms with van der Waals surface area (Å²) in [7, 11) is 0. The maximum atomic E-state index is 10.7. The van der Waals surface area contributed by atoms with E-state index in [9.17, 15) is 4.79 Å². The van der Waals surface area contributed by atoms with Crippen molar-refractivity contribution >= 4 is 11.7 Å². The smallest absolute Gasteiger partial charge is 0.335 e. The van der Waals surface area contributed by atoms with Crippen LogP contribution in [0.4, 0.5) is 5.69 Å². The molecule has 0 bridgehead atoms. The van der Waals surface area contributed by atoms with Gasteiger partial charge >= 0.3 is 5.97 Å². The molecule has 5 heteroatoms. The van der Waals surface area contributed by atoms with Crippen molar-refractivity contribution in [2.24, 2.45) is 10.4 Å². The van der Waals surface area contributed by atoms with Crippen molar-refractivity contribution in [3.8, 4) is 0 Å². The lowest BCUT2D eigenvalue weighted by molar-refractivity contribution is 0.0697. The van der Waals surface area contributed by atoms with Gasteiger partial charge in [-0.25, -0.2) is 4.79 Å². The molecule has 0 saturated carbocycles. The van der Waals surface area contributed by atoms with E-state index in [1.807, 2.05) is 0 Å². The number of benzene rings is 1. The molecule has 5 nitrogen and oxygen atoms in total. The van der Waals surface area contributed by atoms with Crippen molar-refractivity contribution in [2.45, 2.75) is 64.7 Å². The zero-order valence-corrected chi connectivity index (χ0v) is 14.0. The first-order valence-electron chi connectivity index (χ1n) is 8.60. The normalized spacial score (nSPS) is 11.0. The Balaban J connectivity index is 1.99. The van der Waals surface area contributed by atoms with Crippen LogP contribution < -0.4 is 0 Å². The van der Waals surface area contributed by atoms with E-state index in [-0.39, 0.29) is 5.56 Å². The summed E-state index contributed by atoms with van der Waals surface area (Å²) in [5.74, 6) is -0.949. The number of hydrogen-bond donors (Lipinski definition) is 1. The Kier molecular flexibility index (Phi) is 10.5. The molecule has 23 heavy (non-hydrogen) atoms. The molecular formula is C18H28N2O3. The van der Waals surface area contributed by atoms with Gasteiger partial charge in [0.05, 0.1) is 11.3 Å². The predicted molar refractivity (Wildman–Crippen MR) is 91.1 cm³/mol. The number of unbranched alkanes of at least 4 members (excludes halogenated alkanes) is 8. The Labute approximate surface area is 138 Å². The molecule has 0 heterocycles. The lowest BCUT2D eigenvalue weighted by Gasteiger charge is -2.01. The first kappa shape index (κ1) is 19.1. The Hall–Kier alpha value is -1.91. The van der Waals surface area contributed by atoms with Crippen molar-refractivity contribution in [1.82, 2.24) is 0 Å². The molecular weight excluding hydrogens is 292 g/mol. The van der Waals surface area contributed by atoms with Crippen molar-refractivity contribution in [3.63, 3.8) is 0 Å². The van der Waals surface area contributed by atoms with E-state index in [4.69, 9.17) is 9.94 Å². The zero-order chi connectivity index (χ0) is 16.8. The quantitative estimate of drug-likeness (QED) is 0.278. The zero-order valence-electron chi connectivity index (χ0n) is 14.0. The van der Waals surface area contributed by atoms with Crippen molar-refractivity contribution in [1.29, 1.82) is 0 Å². The van der Waals surface area contributed by atoms with Crippen LogP contribution in [0.2, 0.25) is 0 Å². The van der Waals surface area contributed by atoms with Gasteiger partial charge in [0.15, 0.2) is 0 Å². The van der Waals surface area contributed by atoms with Crippen LogP contribution in [0.25, 0.3) is 0 Å². The monoisotopic (exact) mass is 320 g/mol. The lowest BCUT2D eigenvalue weighted by Crippen LogP contribution is -1.94. The molecule has 0 atom stereocenters. The molecule has 0 amide bonds. The molecule has 0 aliphatic rings. The van der Waals surface area contributed by atoms with Crippen LogP contribution in [0.3, 0.4) is 0 Å². The van der Waals surface area contributed by atoms with E-state index >= 15 is 0 Å². The first-order chi connectivity index (χ1) is 11.2. The summed E-state index contributed by atoms with van der Waals surface area (Å²) in [5.41, 5.74) is 0.821. The molecule has 0 fully saturated rings. The molecule has 1 rings (SSSR count). The fourth-order valence-electron chi connectivity index (χ4n) is 2.26. The van der Waals surface area contributed by atoms with Gasteiger partial charge < -0.3 is 9.94 Å². The molecule has 0 radical (unpaired) electrons. The van der Waals surface area contributed by atoms with Crippen LogP contribution in [0.5, 0.6) is 0 Å². The van der Waals surface area contributed by atoms with E-state index in [0.717, 1.165) is 12.8 Å². The van der Waals surface area contributed by atoms with Gasteiger partial charge in [0.2, 0.25) is 0 Å². The van der Waals surface area contributed by atoms with Gasteiger partial charge in [0.25, 0.3) is 0 Å². The third-order valence-corrected chi connectivity index (χ3v) is 3.67. The maximum absolute atomic E-state index is 10.7. The average molecular weight is 320 g/mol. The SMILES string of the molecule is CCCCCCCCCCCON=Nc1ccc(C(=O)O)cc1. The highest BCUT2D eigenvalue weighted by Gasteiger charge is 2.00. The van der Waals surface area contributed by atoms with Gasteiger partial charge in [0.1, 0.15) is 6.61 Å². The molecule has 1 aromatic carbocycles. The van der Waals surface area contributed by atoms with E-state index in [0.29, 0.717) is 12.3 Å². The van der Waals surface area contributed by atoms with Gasteiger partial charge in [-0.3, -0.25) is 0 Å². The summed E-state index contributed by atoms with van der Waals surface area (Å²) in [4.78, 5) is 15.8. The predicted octanol–water partition coefficient (Wildman–Crippen LogP) is 5.93. The van der Waals surface area contributed by atoms with Crippen LogP contribution in [-0.4, -0.2) is 17.7 Å². The van der Waals surface area contributed by atoms with Crippen LogP contribution in [0.15, 0.2) is 34.7 Å². The summed E-state index contributed by atoms with van der Waals surface area (Å²) >= 11 is 0. The maximum Gasteiger partial charge on any atom is 0.335 e. The van der Waals surface area contributed by atoms with Crippen LogP contribution in [0.1, 0.15) is 75.1 Å². The highest BCUT2D eigenvalue weighted by Crippen LogP contribution is 2.14. The average Bonchev–Trinajstić information content (AvgIpc) is 2.56. The second-order valence-corrected chi connectivity index (χ2v) is 5.70. The van der Waals surface area contributed by atoms with Crippen LogP contribution >= 0.6 is 0 Å². The minimum Gasteiger partial charge on any atom is -0.478 e. The number of carboxylic acids is 1. The highest BCUT2D eigenvalue weighted by molar-refractivity contribution is 5.87. The van der Waals surface area contributed by atoms with Crippen molar-refractivity contribution in [3.05, 3.63) is 29.8 Å². The minimum absolute atomic E-state index is 0.236. The van der Waals surface area contributed by atoms with Crippen molar-refractivity contribution in [2.75, 3.05) is 6.61 Å². The summed E-state index contributed by atoms with van der Waals surface area (Å²) in [6, 6.07) is 6.21. The summed E-state index contributed by atoms with van der Waals surface area (Å²) in [6.07, 6.45) is 11.4. The Bertz CT molecular complexity index is 458.